The first kappa shape index (κ1) is 16.4. The monoisotopic (exact) mass is 345 g/mol. The summed E-state index contributed by atoms with van der Waals surface area (Å²) in [5.41, 5.74) is 5.95. The molecular weight excluding hydrogens is 326 g/mol. The van der Waals surface area contributed by atoms with Gasteiger partial charge >= 0.3 is 0 Å². The molecular formula is C21H19N3O2. The lowest BCUT2D eigenvalue weighted by atomic mass is 9.82. The Kier molecular flexibility index (Phi) is 4.03. The minimum absolute atomic E-state index is 0.238. The number of hydrogen-bond donors (Lipinski definition) is 0. The topological polar surface area (TPSA) is 69.3 Å². The van der Waals surface area contributed by atoms with E-state index in [0.717, 1.165) is 31.5 Å². The van der Waals surface area contributed by atoms with Gasteiger partial charge in [-0.3, -0.25) is 4.90 Å². The van der Waals surface area contributed by atoms with Gasteiger partial charge in [-0.25, -0.2) is 0 Å². The van der Waals surface area contributed by atoms with Crippen LogP contribution in [0.1, 0.15) is 39.4 Å². The molecule has 0 spiro atoms. The second kappa shape index (κ2) is 6.37. The smallest absolute Gasteiger partial charge is 0.141 e. The van der Waals surface area contributed by atoms with Crippen molar-refractivity contribution >= 4 is 0 Å². The summed E-state index contributed by atoms with van der Waals surface area (Å²) in [6, 6.07) is 12.6. The van der Waals surface area contributed by atoms with Gasteiger partial charge in [0.15, 0.2) is 0 Å². The van der Waals surface area contributed by atoms with Crippen molar-refractivity contribution in [3.8, 4) is 23.6 Å². The van der Waals surface area contributed by atoms with Crippen LogP contribution in [-0.2, 0) is 19.4 Å². The molecule has 0 radical (unpaired) electrons. The molecule has 0 saturated heterocycles. The highest BCUT2D eigenvalue weighted by molar-refractivity contribution is 5.55. The van der Waals surface area contributed by atoms with E-state index in [1.807, 2.05) is 24.3 Å². The van der Waals surface area contributed by atoms with Gasteiger partial charge in [0.2, 0.25) is 0 Å². The summed E-state index contributed by atoms with van der Waals surface area (Å²) in [5.74, 6) is 1.35. The molecule has 5 heteroatoms. The van der Waals surface area contributed by atoms with Crippen LogP contribution in [0.2, 0.25) is 0 Å². The predicted octanol–water partition coefficient (Wildman–Crippen LogP) is 3.10. The largest absolute Gasteiger partial charge is 0.495 e. The Morgan fingerprint density at radius 1 is 1.04 bits per heavy atom. The van der Waals surface area contributed by atoms with Gasteiger partial charge < -0.3 is 9.47 Å². The molecule has 0 saturated carbocycles. The molecule has 0 amide bonds. The zero-order chi connectivity index (χ0) is 18.3. The Morgan fingerprint density at radius 3 is 2.54 bits per heavy atom. The maximum atomic E-state index is 9.44. The standard InChI is InChI=1S/C21H19N3O2/c1-25-20-9-14-5-6-24-12-18-13(3-4-15(10-22)21(18)26-2)8-19(24)17(14)7-16(20)11-23/h3-4,7,9,19H,5-6,8,12H2,1-2H3. The van der Waals surface area contributed by atoms with Crippen LogP contribution in [0.4, 0.5) is 0 Å². The van der Waals surface area contributed by atoms with Gasteiger partial charge in [0.05, 0.1) is 25.3 Å². The molecule has 5 nitrogen and oxygen atoms in total. The summed E-state index contributed by atoms with van der Waals surface area (Å²) in [6.45, 7) is 1.69. The molecule has 1 atom stereocenters. The van der Waals surface area contributed by atoms with Crippen molar-refractivity contribution in [2.45, 2.75) is 25.4 Å². The van der Waals surface area contributed by atoms with Crippen molar-refractivity contribution < 1.29 is 9.47 Å². The minimum atomic E-state index is 0.238. The van der Waals surface area contributed by atoms with Crippen LogP contribution < -0.4 is 9.47 Å². The summed E-state index contributed by atoms with van der Waals surface area (Å²) < 4.78 is 10.9. The quantitative estimate of drug-likeness (QED) is 0.836. The number of methoxy groups -OCH3 is 2. The summed E-state index contributed by atoms with van der Waals surface area (Å²) in [4.78, 5) is 2.42. The molecule has 0 aromatic heterocycles. The summed E-state index contributed by atoms with van der Waals surface area (Å²) in [5, 5.41) is 18.8. The van der Waals surface area contributed by atoms with E-state index in [-0.39, 0.29) is 6.04 Å². The number of ether oxygens (including phenoxy) is 2. The molecule has 2 aromatic carbocycles. The summed E-state index contributed by atoms with van der Waals surface area (Å²) in [7, 11) is 3.23. The van der Waals surface area contributed by atoms with E-state index >= 15 is 0 Å². The Balaban J connectivity index is 1.79. The van der Waals surface area contributed by atoms with E-state index in [4.69, 9.17) is 9.47 Å². The molecule has 0 N–H and O–H groups in total. The SMILES string of the molecule is COc1cc2c(cc1C#N)C1Cc3ccc(C#N)c(OC)c3CN1CC2. The predicted molar refractivity (Wildman–Crippen MR) is 96.0 cm³/mol. The first-order valence-corrected chi connectivity index (χ1v) is 8.64. The molecule has 2 aromatic rings. The fraction of sp³-hybridized carbons (Fsp3) is 0.333. The lowest BCUT2D eigenvalue weighted by molar-refractivity contribution is 0.158. The van der Waals surface area contributed by atoms with Gasteiger partial charge in [-0.15, -0.1) is 0 Å². The molecule has 2 aliphatic rings. The van der Waals surface area contributed by atoms with Gasteiger partial charge in [0, 0.05) is 24.7 Å². The van der Waals surface area contributed by atoms with Crippen LogP contribution in [0, 0.1) is 22.7 Å². The van der Waals surface area contributed by atoms with Crippen LogP contribution in [0.5, 0.6) is 11.5 Å². The highest BCUT2D eigenvalue weighted by atomic mass is 16.5. The molecule has 26 heavy (non-hydrogen) atoms. The number of fused-ring (bicyclic) bond motifs is 4. The van der Waals surface area contributed by atoms with Crippen molar-refractivity contribution in [2.24, 2.45) is 0 Å². The fourth-order valence-corrected chi connectivity index (χ4v) is 4.23. The number of benzene rings is 2. The maximum absolute atomic E-state index is 9.44. The number of nitrogens with zero attached hydrogens (tertiary/aromatic N) is 3. The lowest BCUT2D eigenvalue weighted by Gasteiger charge is -2.42. The molecule has 4 rings (SSSR count). The van der Waals surface area contributed by atoms with E-state index in [2.05, 4.69) is 17.0 Å². The van der Waals surface area contributed by atoms with Gasteiger partial charge in [-0.1, -0.05) is 6.07 Å². The second-order valence-electron chi connectivity index (χ2n) is 6.70. The first-order chi connectivity index (χ1) is 12.7. The average molecular weight is 345 g/mol. The Morgan fingerprint density at radius 2 is 1.85 bits per heavy atom. The molecule has 130 valence electrons. The third-order valence-electron chi connectivity index (χ3n) is 5.51. The molecule has 0 bridgehead atoms. The third-order valence-corrected chi connectivity index (χ3v) is 5.51. The Labute approximate surface area is 153 Å². The van der Waals surface area contributed by atoms with Gasteiger partial charge in [0.1, 0.15) is 23.6 Å². The third kappa shape index (κ3) is 2.41. The van der Waals surface area contributed by atoms with Gasteiger partial charge in [-0.05, 0) is 47.7 Å². The van der Waals surface area contributed by atoms with E-state index in [1.165, 1.54) is 16.7 Å². The normalized spacial score (nSPS) is 17.9. The minimum Gasteiger partial charge on any atom is -0.495 e. The Bertz CT molecular complexity index is 969. The number of nitriles is 2. The van der Waals surface area contributed by atoms with Crippen molar-refractivity contribution in [3.05, 3.63) is 57.6 Å². The summed E-state index contributed by atoms with van der Waals surface area (Å²) >= 11 is 0. The van der Waals surface area contributed by atoms with Gasteiger partial charge in [-0.2, -0.15) is 10.5 Å². The second-order valence-corrected chi connectivity index (χ2v) is 6.70. The van der Waals surface area contributed by atoms with Crippen LogP contribution in [-0.4, -0.2) is 25.7 Å². The molecule has 2 heterocycles. The van der Waals surface area contributed by atoms with E-state index in [0.29, 0.717) is 22.6 Å². The van der Waals surface area contributed by atoms with Crippen LogP contribution >= 0.6 is 0 Å². The maximum Gasteiger partial charge on any atom is 0.141 e. The molecule has 0 fully saturated rings. The average Bonchev–Trinajstić information content (AvgIpc) is 2.70. The molecule has 2 aliphatic heterocycles. The van der Waals surface area contributed by atoms with Crippen molar-refractivity contribution in [1.29, 1.82) is 10.5 Å². The first-order valence-electron chi connectivity index (χ1n) is 8.64. The summed E-state index contributed by atoms with van der Waals surface area (Å²) in [6.07, 6.45) is 1.77. The molecule has 0 aliphatic carbocycles. The van der Waals surface area contributed by atoms with Crippen LogP contribution in [0.3, 0.4) is 0 Å². The highest BCUT2D eigenvalue weighted by Gasteiger charge is 2.34. The lowest BCUT2D eigenvalue weighted by Crippen LogP contribution is -2.39. The zero-order valence-electron chi connectivity index (χ0n) is 14.9. The Hall–Kier alpha value is -3.02. The highest BCUT2D eigenvalue weighted by Crippen LogP contribution is 2.42. The van der Waals surface area contributed by atoms with Gasteiger partial charge in [0.25, 0.3) is 0 Å². The fourth-order valence-electron chi connectivity index (χ4n) is 4.23. The van der Waals surface area contributed by atoms with Crippen LogP contribution in [0.25, 0.3) is 0 Å². The van der Waals surface area contributed by atoms with E-state index in [1.54, 1.807) is 14.2 Å². The van der Waals surface area contributed by atoms with Crippen LogP contribution in [0.15, 0.2) is 24.3 Å². The van der Waals surface area contributed by atoms with Crippen molar-refractivity contribution in [2.75, 3.05) is 20.8 Å². The van der Waals surface area contributed by atoms with E-state index < -0.39 is 0 Å². The molecule has 1 unspecified atom stereocenters. The zero-order valence-corrected chi connectivity index (χ0v) is 14.9. The number of rotatable bonds is 2. The van der Waals surface area contributed by atoms with Crippen molar-refractivity contribution in [1.82, 2.24) is 4.90 Å². The van der Waals surface area contributed by atoms with E-state index in [9.17, 15) is 10.5 Å². The van der Waals surface area contributed by atoms with Crippen molar-refractivity contribution in [3.63, 3.8) is 0 Å². The number of hydrogen-bond acceptors (Lipinski definition) is 5.